The molecule has 0 spiro atoms. The Hall–Kier alpha value is 0.270. The van der Waals surface area contributed by atoms with Gasteiger partial charge >= 0.3 is 0 Å². The average Bonchev–Trinajstić information content (AvgIpc) is 2.20. The maximum Gasteiger partial charge on any atom is 0.0518 e. The second-order valence-electron chi connectivity index (χ2n) is 4.08. The molecule has 0 saturated carbocycles. The number of hydrogen-bond donors (Lipinski definition) is 1. The van der Waals surface area contributed by atoms with Gasteiger partial charge in [0, 0.05) is 6.61 Å². The van der Waals surface area contributed by atoms with Crippen LogP contribution in [0.25, 0.3) is 0 Å². The van der Waals surface area contributed by atoms with Crippen molar-refractivity contribution >= 4 is 11.8 Å². The molecule has 0 aliphatic heterocycles. The van der Waals surface area contributed by atoms with Crippen molar-refractivity contribution in [3.63, 3.8) is 0 Å². The minimum Gasteiger partial charge on any atom is -0.379 e. The number of unbranched alkanes of at least 4 members (excludes halogenated alkanes) is 2. The molecule has 3 heteroatoms. The fraction of sp³-hybridized carbons (Fsp3) is 1.00. The van der Waals surface area contributed by atoms with E-state index in [1.165, 1.54) is 38.0 Å². The van der Waals surface area contributed by atoms with Gasteiger partial charge < -0.3 is 10.1 Å². The smallest absolute Gasteiger partial charge is 0.0518 e. The van der Waals surface area contributed by atoms with Gasteiger partial charge in [-0.25, -0.2) is 0 Å². The van der Waals surface area contributed by atoms with Crippen LogP contribution in [0.5, 0.6) is 0 Å². The van der Waals surface area contributed by atoms with Crippen molar-refractivity contribution < 1.29 is 4.74 Å². The third-order valence-corrected chi connectivity index (χ3v) is 2.85. The number of nitrogens with one attached hydrogen (secondary N) is 1. The van der Waals surface area contributed by atoms with Gasteiger partial charge in [0.1, 0.15) is 0 Å². The molecule has 2 nitrogen and oxygen atoms in total. The second kappa shape index (κ2) is 12.3. The SMILES string of the molecule is CSCCCCNCCCCOC(C)C. The lowest BCUT2D eigenvalue weighted by Crippen LogP contribution is -2.17. The molecule has 0 bridgehead atoms. The van der Waals surface area contributed by atoms with E-state index in [0.717, 1.165) is 13.2 Å². The van der Waals surface area contributed by atoms with Crippen molar-refractivity contribution in [1.82, 2.24) is 5.32 Å². The molecule has 0 unspecified atom stereocenters. The molecular formula is C12H27NOS. The van der Waals surface area contributed by atoms with Crippen LogP contribution in [-0.2, 0) is 4.74 Å². The maximum atomic E-state index is 5.47. The molecule has 92 valence electrons. The number of rotatable bonds is 11. The van der Waals surface area contributed by atoms with Gasteiger partial charge in [-0.05, 0) is 64.6 Å². The first-order valence-electron chi connectivity index (χ1n) is 6.08. The van der Waals surface area contributed by atoms with Crippen LogP contribution in [0.2, 0.25) is 0 Å². The molecule has 0 heterocycles. The number of ether oxygens (including phenoxy) is 1. The van der Waals surface area contributed by atoms with Crippen LogP contribution in [0.4, 0.5) is 0 Å². The van der Waals surface area contributed by atoms with E-state index in [9.17, 15) is 0 Å². The van der Waals surface area contributed by atoms with Crippen LogP contribution in [0, 0.1) is 0 Å². The third kappa shape index (κ3) is 14.3. The lowest BCUT2D eigenvalue weighted by Gasteiger charge is -2.07. The Kier molecular flexibility index (Phi) is 12.6. The van der Waals surface area contributed by atoms with Gasteiger partial charge in [0.25, 0.3) is 0 Å². The standard InChI is InChI=1S/C12H27NOS/c1-12(2)14-10-6-4-8-13-9-5-7-11-15-3/h12-13H,4-11H2,1-3H3. The lowest BCUT2D eigenvalue weighted by atomic mass is 10.3. The van der Waals surface area contributed by atoms with Gasteiger partial charge in [0.2, 0.25) is 0 Å². The monoisotopic (exact) mass is 233 g/mol. The van der Waals surface area contributed by atoms with Crippen molar-refractivity contribution in [3.05, 3.63) is 0 Å². The Morgan fingerprint density at radius 1 is 1.07 bits per heavy atom. The molecule has 15 heavy (non-hydrogen) atoms. The Labute approximate surface area is 99.5 Å². The summed E-state index contributed by atoms with van der Waals surface area (Å²) in [6.07, 6.45) is 7.60. The van der Waals surface area contributed by atoms with E-state index in [4.69, 9.17) is 4.74 Å². The van der Waals surface area contributed by atoms with Crippen LogP contribution in [-0.4, -0.2) is 37.8 Å². The summed E-state index contributed by atoms with van der Waals surface area (Å²) in [6.45, 7) is 7.39. The highest BCUT2D eigenvalue weighted by atomic mass is 32.2. The number of hydrogen-bond acceptors (Lipinski definition) is 3. The largest absolute Gasteiger partial charge is 0.379 e. The van der Waals surface area contributed by atoms with Gasteiger partial charge in [-0.1, -0.05) is 0 Å². The number of thioether (sulfide) groups is 1. The summed E-state index contributed by atoms with van der Waals surface area (Å²) in [5, 5.41) is 3.47. The summed E-state index contributed by atoms with van der Waals surface area (Å²) in [6, 6.07) is 0. The zero-order valence-electron chi connectivity index (χ0n) is 10.6. The first-order chi connectivity index (χ1) is 7.27. The summed E-state index contributed by atoms with van der Waals surface area (Å²) in [7, 11) is 0. The molecule has 0 aromatic rings. The molecule has 0 amide bonds. The molecule has 0 aromatic carbocycles. The first kappa shape index (κ1) is 15.3. The lowest BCUT2D eigenvalue weighted by molar-refractivity contribution is 0.0760. The zero-order chi connectivity index (χ0) is 11.4. The fourth-order valence-corrected chi connectivity index (χ4v) is 1.79. The minimum atomic E-state index is 0.379. The summed E-state index contributed by atoms with van der Waals surface area (Å²) in [5.41, 5.74) is 0. The summed E-state index contributed by atoms with van der Waals surface area (Å²) >= 11 is 1.93. The third-order valence-electron chi connectivity index (χ3n) is 2.15. The second-order valence-corrected chi connectivity index (χ2v) is 5.06. The summed E-state index contributed by atoms with van der Waals surface area (Å²) < 4.78 is 5.47. The highest BCUT2D eigenvalue weighted by molar-refractivity contribution is 7.98. The molecule has 0 aliphatic rings. The normalized spacial score (nSPS) is 11.2. The van der Waals surface area contributed by atoms with Crippen LogP contribution >= 0.6 is 11.8 Å². The van der Waals surface area contributed by atoms with E-state index in [1.807, 2.05) is 11.8 Å². The van der Waals surface area contributed by atoms with Gasteiger partial charge in [-0.15, -0.1) is 0 Å². The van der Waals surface area contributed by atoms with E-state index < -0.39 is 0 Å². The summed E-state index contributed by atoms with van der Waals surface area (Å²) in [5.74, 6) is 1.30. The van der Waals surface area contributed by atoms with Crippen molar-refractivity contribution in [2.24, 2.45) is 0 Å². The van der Waals surface area contributed by atoms with E-state index in [1.54, 1.807) is 0 Å². The zero-order valence-corrected chi connectivity index (χ0v) is 11.4. The Morgan fingerprint density at radius 2 is 1.73 bits per heavy atom. The molecule has 0 atom stereocenters. The van der Waals surface area contributed by atoms with E-state index in [2.05, 4.69) is 25.4 Å². The molecule has 1 N–H and O–H groups in total. The topological polar surface area (TPSA) is 21.3 Å². The van der Waals surface area contributed by atoms with E-state index in [-0.39, 0.29) is 0 Å². The molecule has 0 aliphatic carbocycles. The molecule has 0 aromatic heterocycles. The van der Waals surface area contributed by atoms with Gasteiger partial charge in [-0.2, -0.15) is 11.8 Å². The van der Waals surface area contributed by atoms with Crippen molar-refractivity contribution in [2.45, 2.75) is 45.6 Å². The quantitative estimate of drug-likeness (QED) is 0.554. The minimum absolute atomic E-state index is 0.379. The molecule has 0 radical (unpaired) electrons. The molecular weight excluding hydrogens is 206 g/mol. The van der Waals surface area contributed by atoms with Crippen molar-refractivity contribution in [1.29, 1.82) is 0 Å². The highest BCUT2D eigenvalue weighted by Gasteiger charge is 1.93. The van der Waals surface area contributed by atoms with E-state index in [0.29, 0.717) is 6.10 Å². The average molecular weight is 233 g/mol. The van der Waals surface area contributed by atoms with Crippen molar-refractivity contribution in [2.75, 3.05) is 31.7 Å². The van der Waals surface area contributed by atoms with E-state index >= 15 is 0 Å². The Morgan fingerprint density at radius 3 is 2.33 bits per heavy atom. The predicted octanol–water partition coefficient (Wildman–Crippen LogP) is 2.92. The van der Waals surface area contributed by atoms with Crippen LogP contribution in [0.3, 0.4) is 0 Å². The van der Waals surface area contributed by atoms with Gasteiger partial charge in [0.15, 0.2) is 0 Å². The molecule has 0 saturated heterocycles. The Bertz CT molecular complexity index is 120. The Balaban J connectivity index is 2.87. The highest BCUT2D eigenvalue weighted by Crippen LogP contribution is 1.98. The maximum absolute atomic E-state index is 5.47. The molecule has 0 rings (SSSR count). The van der Waals surface area contributed by atoms with Crippen LogP contribution in [0.15, 0.2) is 0 Å². The predicted molar refractivity (Wildman–Crippen MR) is 70.8 cm³/mol. The van der Waals surface area contributed by atoms with Crippen LogP contribution in [0.1, 0.15) is 39.5 Å². The van der Waals surface area contributed by atoms with Gasteiger partial charge in [-0.3, -0.25) is 0 Å². The fourth-order valence-electron chi connectivity index (χ4n) is 1.29. The first-order valence-corrected chi connectivity index (χ1v) is 7.48. The van der Waals surface area contributed by atoms with Crippen LogP contribution < -0.4 is 5.32 Å². The van der Waals surface area contributed by atoms with Gasteiger partial charge in [0.05, 0.1) is 6.10 Å². The molecule has 0 fully saturated rings. The van der Waals surface area contributed by atoms with Crippen molar-refractivity contribution in [3.8, 4) is 0 Å². The summed E-state index contributed by atoms with van der Waals surface area (Å²) in [4.78, 5) is 0.